The average Bonchev–Trinajstić information content (AvgIpc) is 2.47. The second kappa shape index (κ2) is 5.93. The summed E-state index contributed by atoms with van der Waals surface area (Å²) in [5.74, 6) is 0.401. The first kappa shape index (κ1) is 15.6. The van der Waals surface area contributed by atoms with Gasteiger partial charge in [0.1, 0.15) is 11.3 Å². The van der Waals surface area contributed by atoms with E-state index in [2.05, 4.69) is 12.2 Å². The highest BCUT2D eigenvalue weighted by molar-refractivity contribution is 5.88. The molecular weight excluding hydrogens is 268 g/mol. The lowest BCUT2D eigenvalue weighted by molar-refractivity contribution is -0.135. The van der Waals surface area contributed by atoms with E-state index in [1.54, 1.807) is 7.11 Å². The van der Waals surface area contributed by atoms with Crippen molar-refractivity contribution in [3.63, 3.8) is 0 Å². The summed E-state index contributed by atoms with van der Waals surface area (Å²) in [7, 11) is 1.62. The lowest BCUT2D eigenvalue weighted by Crippen LogP contribution is -2.59. The Balaban J connectivity index is 2.28. The third kappa shape index (κ3) is 3.29. The predicted molar refractivity (Wildman–Crippen MR) is 82.4 cm³/mol. The van der Waals surface area contributed by atoms with Crippen LogP contribution in [0.15, 0.2) is 24.3 Å². The van der Waals surface area contributed by atoms with Crippen LogP contribution >= 0.6 is 0 Å². The summed E-state index contributed by atoms with van der Waals surface area (Å²) in [4.78, 5) is 12.1. The van der Waals surface area contributed by atoms with Crippen molar-refractivity contribution in [3.05, 3.63) is 24.3 Å². The minimum absolute atomic E-state index is 0.334. The zero-order valence-corrected chi connectivity index (χ0v) is 12.9. The van der Waals surface area contributed by atoms with Gasteiger partial charge < -0.3 is 20.5 Å². The van der Waals surface area contributed by atoms with E-state index < -0.39 is 5.54 Å². The number of benzene rings is 1. The van der Waals surface area contributed by atoms with Gasteiger partial charge in [0.05, 0.1) is 19.3 Å². The maximum absolute atomic E-state index is 12.1. The van der Waals surface area contributed by atoms with Gasteiger partial charge in [-0.1, -0.05) is 13.0 Å². The van der Waals surface area contributed by atoms with Crippen LogP contribution in [0.1, 0.15) is 33.1 Å². The number of ether oxygens (including phenoxy) is 2. The van der Waals surface area contributed by atoms with E-state index in [0.29, 0.717) is 19.4 Å². The number of primary amides is 1. The Morgan fingerprint density at radius 3 is 2.90 bits per heavy atom. The normalized spacial score (nSPS) is 28.9. The van der Waals surface area contributed by atoms with Crippen LogP contribution in [0.3, 0.4) is 0 Å². The molecule has 21 heavy (non-hydrogen) atoms. The molecule has 1 aliphatic heterocycles. The lowest BCUT2D eigenvalue weighted by atomic mass is 9.78. The van der Waals surface area contributed by atoms with Crippen LogP contribution in [-0.4, -0.2) is 30.8 Å². The molecule has 2 unspecified atom stereocenters. The molecule has 0 aromatic heterocycles. The Hall–Kier alpha value is -1.75. The molecule has 1 heterocycles. The van der Waals surface area contributed by atoms with Crippen LogP contribution in [0.25, 0.3) is 0 Å². The number of nitrogens with two attached hydrogens (primary N) is 1. The maximum atomic E-state index is 12.1. The van der Waals surface area contributed by atoms with E-state index in [1.807, 2.05) is 31.2 Å². The molecule has 0 spiro atoms. The zero-order chi connectivity index (χ0) is 15.5. The standard InChI is InChI=1S/C16H24N2O3/c1-4-15(2)11-16(14(17)19,8-9-21-15)18-12-6-5-7-13(10-12)20-3/h5-7,10,18H,4,8-9,11H2,1-3H3,(H2,17,19). The monoisotopic (exact) mass is 292 g/mol. The third-order valence-corrected chi connectivity index (χ3v) is 4.33. The van der Waals surface area contributed by atoms with E-state index in [-0.39, 0.29) is 11.5 Å². The van der Waals surface area contributed by atoms with Crippen molar-refractivity contribution in [1.29, 1.82) is 0 Å². The molecule has 0 bridgehead atoms. The van der Waals surface area contributed by atoms with Crippen molar-refractivity contribution >= 4 is 11.6 Å². The number of nitrogens with one attached hydrogen (secondary N) is 1. The molecule has 1 aromatic carbocycles. The van der Waals surface area contributed by atoms with Crippen LogP contribution in [0.2, 0.25) is 0 Å². The summed E-state index contributed by atoms with van der Waals surface area (Å²) >= 11 is 0. The summed E-state index contributed by atoms with van der Waals surface area (Å²) in [5.41, 5.74) is 5.42. The van der Waals surface area contributed by atoms with Gasteiger partial charge in [-0.25, -0.2) is 0 Å². The van der Waals surface area contributed by atoms with Gasteiger partial charge in [-0.2, -0.15) is 0 Å². The molecule has 2 atom stereocenters. The predicted octanol–water partition coefficient (Wildman–Crippen LogP) is 2.31. The molecule has 2 rings (SSSR count). The molecule has 5 nitrogen and oxygen atoms in total. The maximum Gasteiger partial charge on any atom is 0.243 e. The lowest BCUT2D eigenvalue weighted by Gasteiger charge is -2.45. The van der Waals surface area contributed by atoms with Crippen molar-refractivity contribution in [3.8, 4) is 5.75 Å². The van der Waals surface area contributed by atoms with Crippen LogP contribution in [0.4, 0.5) is 5.69 Å². The van der Waals surface area contributed by atoms with Gasteiger partial charge in [0, 0.05) is 24.6 Å². The third-order valence-electron chi connectivity index (χ3n) is 4.33. The van der Waals surface area contributed by atoms with Gasteiger partial charge in [-0.3, -0.25) is 4.79 Å². The fourth-order valence-corrected chi connectivity index (χ4v) is 2.83. The molecule has 1 fully saturated rings. The summed E-state index contributed by atoms with van der Waals surface area (Å²) < 4.78 is 11.0. The molecule has 5 heteroatoms. The Bertz CT molecular complexity index is 520. The van der Waals surface area contributed by atoms with Crippen LogP contribution < -0.4 is 15.8 Å². The van der Waals surface area contributed by atoms with Gasteiger partial charge >= 0.3 is 0 Å². The number of hydrogen-bond acceptors (Lipinski definition) is 4. The molecule has 1 saturated heterocycles. The zero-order valence-electron chi connectivity index (χ0n) is 12.9. The molecule has 0 aliphatic carbocycles. The summed E-state index contributed by atoms with van der Waals surface area (Å²) in [6, 6.07) is 7.52. The fraction of sp³-hybridized carbons (Fsp3) is 0.562. The minimum Gasteiger partial charge on any atom is -0.497 e. The largest absolute Gasteiger partial charge is 0.497 e. The number of methoxy groups -OCH3 is 1. The Labute approximate surface area is 125 Å². The van der Waals surface area contributed by atoms with Crippen molar-refractivity contribution in [2.24, 2.45) is 5.73 Å². The first-order valence-corrected chi connectivity index (χ1v) is 7.29. The van der Waals surface area contributed by atoms with E-state index in [1.165, 1.54) is 0 Å². The molecule has 0 radical (unpaired) electrons. The molecule has 1 aromatic rings. The highest BCUT2D eigenvalue weighted by Gasteiger charge is 2.46. The smallest absolute Gasteiger partial charge is 0.243 e. The van der Waals surface area contributed by atoms with Gasteiger partial charge in [0.25, 0.3) is 0 Å². The highest BCUT2D eigenvalue weighted by atomic mass is 16.5. The molecule has 1 aliphatic rings. The van der Waals surface area contributed by atoms with Crippen molar-refractivity contribution in [2.75, 3.05) is 19.0 Å². The Kier molecular flexibility index (Phi) is 4.42. The minimum atomic E-state index is -0.782. The summed E-state index contributed by atoms with van der Waals surface area (Å²) in [6.07, 6.45) is 1.96. The average molecular weight is 292 g/mol. The van der Waals surface area contributed by atoms with Gasteiger partial charge in [0.15, 0.2) is 0 Å². The first-order valence-electron chi connectivity index (χ1n) is 7.29. The van der Waals surface area contributed by atoms with E-state index in [0.717, 1.165) is 17.9 Å². The number of amides is 1. The number of carbonyl (C=O) groups is 1. The van der Waals surface area contributed by atoms with Gasteiger partial charge in [-0.05, 0) is 25.5 Å². The first-order chi connectivity index (χ1) is 9.93. The van der Waals surface area contributed by atoms with Crippen LogP contribution in [0, 0.1) is 0 Å². The second-order valence-electron chi connectivity index (χ2n) is 5.88. The SMILES string of the molecule is CCC1(C)CC(Nc2cccc(OC)c2)(C(N)=O)CCO1. The van der Waals surface area contributed by atoms with Gasteiger partial charge in [-0.15, -0.1) is 0 Å². The number of carbonyl (C=O) groups excluding carboxylic acids is 1. The van der Waals surface area contributed by atoms with Crippen molar-refractivity contribution < 1.29 is 14.3 Å². The van der Waals surface area contributed by atoms with E-state index >= 15 is 0 Å². The van der Waals surface area contributed by atoms with Gasteiger partial charge in [0.2, 0.25) is 5.91 Å². The molecule has 0 saturated carbocycles. The number of anilines is 1. The Morgan fingerprint density at radius 1 is 1.52 bits per heavy atom. The molecule has 3 N–H and O–H groups in total. The van der Waals surface area contributed by atoms with E-state index in [4.69, 9.17) is 15.2 Å². The summed E-state index contributed by atoms with van der Waals surface area (Å²) in [5, 5.41) is 3.32. The number of rotatable bonds is 5. The summed E-state index contributed by atoms with van der Waals surface area (Å²) in [6.45, 7) is 4.60. The quantitative estimate of drug-likeness (QED) is 0.873. The molecule has 116 valence electrons. The molecular formula is C16H24N2O3. The second-order valence-corrected chi connectivity index (χ2v) is 5.88. The number of hydrogen-bond donors (Lipinski definition) is 2. The van der Waals surface area contributed by atoms with Crippen molar-refractivity contribution in [2.45, 2.75) is 44.2 Å². The highest BCUT2D eigenvalue weighted by Crippen LogP contribution is 2.37. The molecule has 1 amide bonds. The topological polar surface area (TPSA) is 73.6 Å². The Morgan fingerprint density at radius 2 is 2.29 bits per heavy atom. The van der Waals surface area contributed by atoms with Crippen LogP contribution in [-0.2, 0) is 9.53 Å². The van der Waals surface area contributed by atoms with Crippen LogP contribution in [0.5, 0.6) is 5.75 Å². The van der Waals surface area contributed by atoms with E-state index in [9.17, 15) is 4.79 Å². The van der Waals surface area contributed by atoms with Crippen molar-refractivity contribution in [1.82, 2.24) is 0 Å². The fourth-order valence-electron chi connectivity index (χ4n) is 2.83.